The smallest absolute Gasteiger partial charge is 0.366 e. The number of halogens is 5. The zero-order chi connectivity index (χ0) is 15.5. The average molecular weight is 297 g/mol. The number of allylic oxidation sites excluding steroid dienone is 2. The molecule has 0 saturated carbocycles. The first-order chi connectivity index (χ1) is 9.11. The molecule has 0 bridgehead atoms. The molecule has 0 aliphatic carbocycles. The number of nitrogens with zero attached hydrogens (tertiary/aromatic N) is 1. The lowest BCUT2D eigenvalue weighted by Crippen LogP contribution is -2.36. The summed E-state index contributed by atoms with van der Waals surface area (Å²) in [6.45, 7) is 0.606. The van der Waals surface area contributed by atoms with Gasteiger partial charge in [-0.05, 0) is 13.0 Å². The van der Waals surface area contributed by atoms with Gasteiger partial charge in [-0.1, -0.05) is 6.08 Å². The van der Waals surface area contributed by atoms with Crippen LogP contribution >= 0.6 is 0 Å². The first-order valence-corrected chi connectivity index (χ1v) is 5.49. The Hall–Kier alpha value is -1.93. The molecule has 0 spiro atoms. The highest BCUT2D eigenvalue weighted by molar-refractivity contribution is 5.94. The van der Waals surface area contributed by atoms with E-state index in [1.165, 1.54) is 6.92 Å². The van der Waals surface area contributed by atoms with Crippen LogP contribution in [0.25, 0.3) is 0 Å². The third-order valence-corrected chi connectivity index (χ3v) is 2.41. The summed E-state index contributed by atoms with van der Waals surface area (Å²) in [5.74, 6) is -1.93. The van der Waals surface area contributed by atoms with Gasteiger partial charge in [0.1, 0.15) is 0 Å². The Morgan fingerprint density at radius 1 is 1.50 bits per heavy atom. The number of amidine groups is 1. The van der Waals surface area contributed by atoms with Crippen LogP contribution in [-0.2, 0) is 4.79 Å². The van der Waals surface area contributed by atoms with Crippen molar-refractivity contribution in [3.05, 3.63) is 23.3 Å². The van der Waals surface area contributed by atoms with Gasteiger partial charge in [0, 0.05) is 11.6 Å². The third-order valence-electron chi connectivity index (χ3n) is 2.41. The Labute approximate surface area is 111 Å². The minimum absolute atomic E-state index is 0.498. The maximum Gasteiger partial charge on any atom is 0.416 e. The van der Waals surface area contributed by atoms with Crippen LogP contribution < -0.4 is 11.1 Å². The number of aliphatic imine (C=N–C) groups is 1. The Bertz CT molecular complexity index is 479. The molecule has 1 atom stereocenters. The van der Waals surface area contributed by atoms with Crippen LogP contribution in [0.4, 0.5) is 22.0 Å². The highest BCUT2D eigenvalue weighted by atomic mass is 19.4. The number of alkyl halides is 5. The van der Waals surface area contributed by atoms with E-state index in [9.17, 15) is 26.7 Å². The summed E-state index contributed by atoms with van der Waals surface area (Å²) in [6.07, 6.45) is -6.51. The van der Waals surface area contributed by atoms with Gasteiger partial charge in [0.05, 0.1) is 12.1 Å². The molecule has 3 N–H and O–H groups in total. The van der Waals surface area contributed by atoms with Crippen LogP contribution in [0.5, 0.6) is 0 Å². The summed E-state index contributed by atoms with van der Waals surface area (Å²) in [7, 11) is 0. The summed E-state index contributed by atoms with van der Waals surface area (Å²) >= 11 is 0. The number of carbonyl (C=O) groups is 1. The zero-order valence-electron chi connectivity index (χ0n) is 10.3. The van der Waals surface area contributed by atoms with Gasteiger partial charge in [0.15, 0.2) is 5.84 Å². The third kappa shape index (κ3) is 4.32. The monoisotopic (exact) mass is 297 g/mol. The van der Waals surface area contributed by atoms with E-state index in [-0.39, 0.29) is 0 Å². The van der Waals surface area contributed by atoms with Crippen molar-refractivity contribution < 1.29 is 26.7 Å². The lowest BCUT2D eigenvalue weighted by molar-refractivity contribution is -0.114. The van der Waals surface area contributed by atoms with Crippen molar-refractivity contribution in [2.45, 2.75) is 25.6 Å². The molecular weight excluding hydrogens is 285 g/mol. The molecule has 1 aliphatic heterocycles. The first kappa shape index (κ1) is 16.1. The molecule has 0 aromatic carbocycles. The molecule has 0 fully saturated rings. The predicted octanol–water partition coefficient (Wildman–Crippen LogP) is 1.54. The quantitative estimate of drug-likeness (QED) is 0.759. The molecule has 0 aromatic rings. The average Bonchev–Trinajstić information content (AvgIpc) is 2.36. The standard InChI is InChI=1S/C11H12F5N3O/c1-5-2-7(11(14,15)16)3-6(9(17)20)4-18-10(19-5)8(12)13/h2-3,5,8H,4H2,1H3,(H2,17,20)(H,18,19). The van der Waals surface area contributed by atoms with E-state index in [2.05, 4.69) is 10.3 Å². The topological polar surface area (TPSA) is 67.5 Å². The molecule has 0 saturated heterocycles. The largest absolute Gasteiger partial charge is 0.416 e. The van der Waals surface area contributed by atoms with Gasteiger partial charge in [-0.15, -0.1) is 0 Å². The van der Waals surface area contributed by atoms with E-state index >= 15 is 0 Å². The highest BCUT2D eigenvalue weighted by Crippen LogP contribution is 2.28. The molecule has 1 aliphatic rings. The van der Waals surface area contributed by atoms with Gasteiger partial charge in [0.25, 0.3) is 6.43 Å². The second-order valence-electron chi connectivity index (χ2n) is 4.09. The van der Waals surface area contributed by atoms with Gasteiger partial charge < -0.3 is 11.1 Å². The maximum absolute atomic E-state index is 12.8. The van der Waals surface area contributed by atoms with E-state index in [1.807, 2.05) is 0 Å². The van der Waals surface area contributed by atoms with Crippen molar-refractivity contribution in [1.29, 1.82) is 0 Å². The summed E-state index contributed by atoms with van der Waals surface area (Å²) in [4.78, 5) is 14.4. The fourth-order valence-corrected chi connectivity index (χ4v) is 1.50. The number of rotatable bonds is 2. The second-order valence-corrected chi connectivity index (χ2v) is 4.09. The van der Waals surface area contributed by atoms with E-state index in [4.69, 9.17) is 5.73 Å². The second kappa shape index (κ2) is 6.02. The lowest BCUT2D eigenvalue weighted by atomic mass is 10.1. The molecule has 1 unspecified atom stereocenters. The Kier molecular flexibility index (Phi) is 4.85. The van der Waals surface area contributed by atoms with Gasteiger partial charge in [-0.2, -0.15) is 13.2 Å². The molecular formula is C11H12F5N3O. The van der Waals surface area contributed by atoms with Crippen molar-refractivity contribution >= 4 is 11.7 Å². The van der Waals surface area contributed by atoms with Crippen LogP contribution in [-0.4, -0.2) is 36.9 Å². The SMILES string of the molecule is CC1C=C(C(F)(F)F)C=C(C(N)=O)CN=C(C(F)F)N1. The van der Waals surface area contributed by atoms with Crippen molar-refractivity contribution in [1.82, 2.24) is 5.32 Å². The van der Waals surface area contributed by atoms with Crippen molar-refractivity contribution in [2.24, 2.45) is 10.7 Å². The Morgan fingerprint density at radius 3 is 2.55 bits per heavy atom. The molecule has 1 heterocycles. The number of nitrogens with one attached hydrogen (secondary N) is 1. The van der Waals surface area contributed by atoms with Crippen molar-refractivity contribution in [3.63, 3.8) is 0 Å². The lowest BCUT2D eigenvalue weighted by Gasteiger charge is -2.14. The number of hydrogen-bond donors (Lipinski definition) is 2. The predicted molar refractivity (Wildman–Crippen MR) is 62.3 cm³/mol. The maximum atomic E-state index is 12.8. The van der Waals surface area contributed by atoms with Crippen LogP contribution in [0.15, 0.2) is 28.3 Å². The molecule has 0 radical (unpaired) electrons. The fourth-order valence-electron chi connectivity index (χ4n) is 1.50. The molecule has 4 nitrogen and oxygen atoms in total. The summed E-state index contributed by atoms with van der Waals surface area (Å²) in [6, 6.07) is -1.04. The van der Waals surface area contributed by atoms with Gasteiger partial charge in [-0.3, -0.25) is 9.79 Å². The Balaban J connectivity index is 3.28. The molecule has 9 heteroatoms. The minimum atomic E-state index is -4.73. The summed E-state index contributed by atoms with van der Waals surface area (Å²) in [5, 5.41) is 2.16. The molecule has 0 aromatic heterocycles. The number of nitrogens with two attached hydrogens (primary N) is 1. The van der Waals surface area contributed by atoms with Crippen molar-refractivity contribution in [3.8, 4) is 0 Å². The normalized spacial score (nSPS) is 20.9. The summed E-state index contributed by atoms with van der Waals surface area (Å²) in [5.41, 5.74) is 3.28. The molecule has 1 amide bonds. The van der Waals surface area contributed by atoms with Crippen LogP contribution in [0.1, 0.15) is 6.92 Å². The summed E-state index contributed by atoms with van der Waals surface area (Å²) < 4.78 is 63.6. The van der Waals surface area contributed by atoms with Gasteiger partial charge >= 0.3 is 6.18 Å². The minimum Gasteiger partial charge on any atom is -0.366 e. The fraction of sp³-hybridized carbons (Fsp3) is 0.455. The van der Waals surface area contributed by atoms with E-state index in [1.54, 1.807) is 0 Å². The number of hydrogen-bond acceptors (Lipinski definition) is 3. The van der Waals surface area contributed by atoms with Crippen LogP contribution in [0.2, 0.25) is 0 Å². The van der Waals surface area contributed by atoms with Crippen LogP contribution in [0, 0.1) is 0 Å². The van der Waals surface area contributed by atoms with E-state index in [0.29, 0.717) is 12.2 Å². The molecule has 20 heavy (non-hydrogen) atoms. The number of primary amides is 1. The first-order valence-electron chi connectivity index (χ1n) is 5.49. The van der Waals surface area contributed by atoms with Crippen LogP contribution in [0.3, 0.4) is 0 Å². The number of amides is 1. The van der Waals surface area contributed by atoms with E-state index < -0.39 is 48.1 Å². The van der Waals surface area contributed by atoms with Crippen molar-refractivity contribution in [2.75, 3.05) is 6.54 Å². The van der Waals surface area contributed by atoms with Gasteiger partial charge in [-0.25, -0.2) is 8.78 Å². The molecule has 1 rings (SSSR count). The number of carbonyl (C=O) groups excluding carboxylic acids is 1. The zero-order valence-corrected chi connectivity index (χ0v) is 10.3. The van der Waals surface area contributed by atoms with Gasteiger partial charge in [0.2, 0.25) is 5.91 Å². The highest BCUT2D eigenvalue weighted by Gasteiger charge is 2.33. The Morgan fingerprint density at radius 2 is 2.10 bits per heavy atom. The van der Waals surface area contributed by atoms with E-state index in [0.717, 1.165) is 0 Å². The molecule has 112 valence electrons.